The van der Waals surface area contributed by atoms with E-state index >= 15 is 0 Å². The summed E-state index contributed by atoms with van der Waals surface area (Å²) in [6, 6.07) is 13.1. The van der Waals surface area contributed by atoms with E-state index in [1.54, 1.807) is 11.3 Å². The predicted octanol–water partition coefficient (Wildman–Crippen LogP) is 5.11. The van der Waals surface area contributed by atoms with Crippen LogP contribution in [0.1, 0.15) is 23.7 Å². The number of hydrogen-bond donors (Lipinski definition) is 0. The average molecular weight is 496 g/mol. The Morgan fingerprint density at radius 3 is 2.29 bits per heavy atom. The third-order valence-corrected chi connectivity index (χ3v) is 8.98. The number of sulfonamides is 1. The predicted molar refractivity (Wildman–Crippen MR) is 128 cm³/mol. The largest absolute Gasteiger partial charge is 0.345 e. The highest BCUT2D eigenvalue weighted by Gasteiger charge is 2.29. The van der Waals surface area contributed by atoms with E-state index < -0.39 is 10.0 Å². The molecule has 1 aliphatic rings. The van der Waals surface area contributed by atoms with Crippen molar-refractivity contribution in [3.8, 4) is 0 Å². The molecule has 2 heterocycles. The maximum atomic E-state index is 12.9. The first-order chi connectivity index (χ1) is 14.9. The molecule has 0 N–H and O–H groups in total. The first-order valence-electron chi connectivity index (χ1n) is 10.1. The third kappa shape index (κ3) is 5.07. The number of aryl methyl sites for hydroxylation is 1. The molecule has 31 heavy (non-hydrogen) atoms. The van der Waals surface area contributed by atoms with Gasteiger partial charge >= 0.3 is 0 Å². The minimum Gasteiger partial charge on any atom is -0.345 e. The summed E-state index contributed by atoms with van der Waals surface area (Å²) in [4.78, 5) is 7.10. The van der Waals surface area contributed by atoms with E-state index in [-0.39, 0.29) is 9.92 Å². The molecule has 4 rings (SSSR count). The zero-order valence-electron chi connectivity index (χ0n) is 17.1. The van der Waals surface area contributed by atoms with Gasteiger partial charge in [-0.15, -0.1) is 11.3 Å². The molecule has 1 saturated heterocycles. The van der Waals surface area contributed by atoms with Crippen molar-refractivity contribution < 1.29 is 8.42 Å². The number of benzene rings is 2. The molecule has 5 nitrogen and oxygen atoms in total. The molecule has 1 aromatic heterocycles. The highest BCUT2D eigenvalue weighted by Crippen LogP contribution is 2.28. The minimum atomic E-state index is -3.60. The Kier molecular flexibility index (Phi) is 6.89. The van der Waals surface area contributed by atoms with Gasteiger partial charge in [0.25, 0.3) is 0 Å². The molecule has 0 aliphatic carbocycles. The highest BCUT2D eigenvalue weighted by atomic mass is 35.5. The van der Waals surface area contributed by atoms with Gasteiger partial charge in [-0.25, -0.2) is 13.4 Å². The van der Waals surface area contributed by atoms with Crippen LogP contribution in [0.15, 0.2) is 52.7 Å². The molecule has 164 valence electrons. The lowest BCUT2D eigenvalue weighted by Crippen LogP contribution is -2.48. The Labute approximate surface area is 197 Å². The number of halogens is 2. The van der Waals surface area contributed by atoms with Crippen molar-refractivity contribution in [3.63, 3.8) is 0 Å². The van der Waals surface area contributed by atoms with Gasteiger partial charge in [0.2, 0.25) is 10.0 Å². The second-order valence-corrected chi connectivity index (χ2v) is 11.0. The lowest BCUT2D eigenvalue weighted by molar-refractivity contribution is 0.384. The molecular weight excluding hydrogens is 473 g/mol. The van der Waals surface area contributed by atoms with E-state index in [0.717, 1.165) is 23.7 Å². The van der Waals surface area contributed by atoms with Crippen LogP contribution in [0.25, 0.3) is 0 Å². The van der Waals surface area contributed by atoms with Gasteiger partial charge in [-0.05, 0) is 35.7 Å². The number of anilines is 1. The van der Waals surface area contributed by atoms with Crippen LogP contribution in [-0.4, -0.2) is 43.9 Å². The summed E-state index contributed by atoms with van der Waals surface area (Å²) in [5, 5.41) is 3.60. The fraction of sp³-hybridized carbons (Fsp3) is 0.318. The maximum absolute atomic E-state index is 12.9. The topological polar surface area (TPSA) is 53.5 Å². The van der Waals surface area contributed by atoms with E-state index in [4.69, 9.17) is 28.2 Å². The summed E-state index contributed by atoms with van der Waals surface area (Å²) in [6.45, 7) is 4.14. The van der Waals surface area contributed by atoms with Gasteiger partial charge in [0.05, 0.1) is 20.6 Å². The fourth-order valence-corrected chi connectivity index (χ4v) is 6.22. The van der Waals surface area contributed by atoms with E-state index in [1.807, 2.05) is 0 Å². The number of thiazole rings is 1. The Balaban J connectivity index is 1.39. The lowest BCUT2D eigenvalue weighted by Gasteiger charge is -2.33. The van der Waals surface area contributed by atoms with Crippen LogP contribution in [0.5, 0.6) is 0 Å². The normalized spacial score (nSPS) is 15.4. The van der Waals surface area contributed by atoms with Crippen LogP contribution in [0.2, 0.25) is 10.0 Å². The summed E-state index contributed by atoms with van der Waals surface area (Å²) in [5.74, 6) is 0. The third-order valence-electron chi connectivity index (χ3n) is 5.39. The number of hydrogen-bond acceptors (Lipinski definition) is 5. The maximum Gasteiger partial charge on any atom is 0.243 e. The van der Waals surface area contributed by atoms with Gasteiger partial charge in [-0.3, -0.25) is 0 Å². The molecule has 0 spiro atoms. The van der Waals surface area contributed by atoms with Crippen LogP contribution >= 0.6 is 34.5 Å². The van der Waals surface area contributed by atoms with Crippen LogP contribution in [0.3, 0.4) is 0 Å². The Hall–Kier alpha value is -1.64. The summed E-state index contributed by atoms with van der Waals surface area (Å²) < 4.78 is 27.4. The first kappa shape index (κ1) is 22.6. The number of rotatable bonds is 6. The number of nitrogens with zero attached hydrogens (tertiary/aromatic N) is 3. The summed E-state index contributed by atoms with van der Waals surface area (Å²) in [6.07, 6.45) is 1.83. The molecule has 3 aromatic rings. The van der Waals surface area contributed by atoms with Crippen molar-refractivity contribution in [2.24, 2.45) is 0 Å². The second-order valence-electron chi connectivity index (χ2n) is 7.44. The van der Waals surface area contributed by atoms with Crippen molar-refractivity contribution in [1.29, 1.82) is 0 Å². The minimum absolute atomic E-state index is 0.168. The molecular formula is C22H23Cl2N3O2S2. The van der Waals surface area contributed by atoms with E-state index in [1.165, 1.54) is 33.6 Å². The van der Waals surface area contributed by atoms with Crippen molar-refractivity contribution >= 4 is 49.7 Å². The molecule has 0 bridgehead atoms. The summed E-state index contributed by atoms with van der Waals surface area (Å²) in [7, 11) is -3.60. The molecule has 0 amide bonds. The highest BCUT2D eigenvalue weighted by molar-refractivity contribution is 7.89. The van der Waals surface area contributed by atoms with Crippen molar-refractivity contribution in [1.82, 2.24) is 9.29 Å². The van der Waals surface area contributed by atoms with E-state index in [0.29, 0.717) is 31.2 Å². The van der Waals surface area contributed by atoms with E-state index in [2.05, 4.69) is 41.5 Å². The Morgan fingerprint density at radius 1 is 0.968 bits per heavy atom. The van der Waals surface area contributed by atoms with Crippen molar-refractivity contribution in [2.75, 3.05) is 31.1 Å². The van der Waals surface area contributed by atoms with Crippen LogP contribution in [0.4, 0.5) is 5.13 Å². The summed E-state index contributed by atoms with van der Waals surface area (Å²) >= 11 is 13.5. The van der Waals surface area contributed by atoms with Crippen LogP contribution in [0, 0.1) is 0 Å². The molecule has 2 aromatic carbocycles. The lowest BCUT2D eigenvalue weighted by atomic mass is 10.1. The smallest absolute Gasteiger partial charge is 0.243 e. The molecule has 1 aliphatic heterocycles. The van der Waals surface area contributed by atoms with Gasteiger partial charge < -0.3 is 4.90 Å². The SMILES string of the molecule is CCc1ccc(Cc2csc(N3CCN(S(=O)(=O)c4ccc(Cl)c(Cl)c4)CC3)n2)cc1. The Morgan fingerprint density at radius 2 is 1.65 bits per heavy atom. The van der Waals surface area contributed by atoms with Gasteiger partial charge in [0, 0.05) is 38.0 Å². The molecule has 0 radical (unpaired) electrons. The summed E-state index contributed by atoms with van der Waals surface area (Å²) in [5.41, 5.74) is 3.61. The zero-order valence-corrected chi connectivity index (χ0v) is 20.2. The first-order valence-corrected chi connectivity index (χ1v) is 13.2. The second kappa shape index (κ2) is 9.46. The van der Waals surface area contributed by atoms with Crippen molar-refractivity contribution in [2.45, 2.75) is 24.7 Å². The molecule has 0 saturated carbocycles. The molecule has 1 fully saturated rings. The molecule has 0 unspecified atom stereocenters. The number of piperazine rings is 1. The standard InChI is InChI=1S/C22H23Cl2N3O2S2/c1-2-16-3-5-17(6-4-16)13-18-15-30-22(25-18)26-9-11-27(12-10-26)31(28,29)19-7-8-20(23)21(24)14-19/h3-8,14-15H,2,9-13H2,1H3. The van der Waals surface area contributed by atoms with Gasteiger partial charge in [-0.1, -0.05) is 54.4 Å². The van der Waals surface area contributed by atoms with Crippen molar-refractivity contribution in [3.05, 3.63) is 74.7 Å². The fourth-order valence-electron chi connectivity index (χ4n) is 3.53. The number of aromatic nitrogens is 1. The Bertz CT molecular complexity index is 1160. The van der Waals surface area contributed by atoms with E-state index in [9.17, 15) is 8.42 Å². The van der Waals surface area contributed by atoms with Gasteiger partial charge in [-0.2, -0.15) is 4.31 Å². The average Bonchev–Trinajstić information content (AvgIpc) is 3.24. The van der Waals surface area contributed by atoms with Crippen LogP contribution in [-0.2, 0) is 22.9 Å². The van der Waals surface area contributed by atoms with Gasteiger partial charge in [0.15, 0.2) is 5.13 Å². The monoisotopic (exact) mass is 495 g/mol. The molecule has 0 atom stereocenters. The quantitative estimate of drug-likeness (QED) is 0.476. The van der Waals surface area contributed by atoms with Gasteiger partial charge in [0.1, 0.15) is 0 Å². The van der Waals surface area contributed by atoms with Crippen LogP contribution < -0.4 is 4.90 Å². The zero-order chi connectivity index (χ0) is 22.0. The molecule has 9 heteroatoms.